The topological polar surface area (TPSA) is 102 Å². The summed E-state index contributed by atoms with van der Waals surface area (Å²) < 4.78 is 29.4. The standard InChI is InChI=1S/C24H28ClN3O4S/c25-20-5-2-1-4-18(20)8-9-22(24(30)28-14-11-17(16-29)12-15-28)27-33(31,32)23-7-3-6-21-19(23)10-13-26-21/h1-7,10,13,17,22,26-27,29H,8-9,11-12,14-16H2. The molecular formula is C24H28ClN3O4S. The van der Waals surface area contributed by atoms with Gasteiger partial charge in [-0.15, -0.1) is 0 Å². The minimum Gasteiger partial charge on any atom is -0.396 e. The van der Waals surface area contributed by atoms with Gasteiger partial charge in [-0.05, 0) is 61.4 Å². The fourth-order valence-corrected chi connectivity index (χ4v) is 6.01. The van der Waals surface area contributed by atoms with Gasteiger partial charge in [0.05, 0.1) is 4.90 Å². The van der Waals surface area contributed by atoms with Gasteiger partial charge in [-0.25, -0.2) is 8.42 Å². The number of hydrogen-bond acceptors (Lipinski definition) is 4. The highest BCUT2D eigenvalue weighted by molar-refractivity contribution is 7.89. The number of amides is 1. The molecule has 176 valence electrons. The van der Waals surface area contributed by atoms with E-state index in [1.165, 1.54) is 0 Å². The predicted molar refractivity (Wildman–Crippen MR) is 129 cm³/mol. The molecule has 0 saturated carbocycles. The van der Waals surface area contributed by atoms with Crippen LogP contribution in [0.5, 0.6) is 0 Å². The molecule has 9 heteroatoms. The highest BCUT2D eigenvalue weighted by atomic mass is 35.5. The summed E-state index contributed by atoms with van der Waals surface area (Å²) >= 11 is 6.29. The molecule has 1 aliphatic rings. The van der Waals surface area contributed by atoms with Crippen LogP contribution in [-0.4, -0.2) is 55.1 Å². The van der Waals surface area contributed by atoms with Crippen LogP contribution >= 0.6 is 11.6 Å². The summed E-state index contributed by atoms with van der Waals surface area (Å²) in [4.78, 5) is 18.3. The minimum atomic E-state index is -3.96. The number of halogens is 1. The molecule has 0 spiro atoms. The van der Waals surface area contributed by atoms with E-state index in [1.54, 1.807) is 41.4 Å². The van der Waals surface area contributed by atoms with Gasteiger partial charge < -0.3 is 15.0 Å². The van der Waals surface area contributed by atoms with E-state index in [4.69, 9.17) is 11.6 Å². The van der Waals surface area contributed by atoms with Crippen LogP contribution < -0.4 is 4.72 Å². The molecule has 33 heavy (non-hydrogen) atoms. The van der Waals surface area contributed by atoms with E-state index in [0.29, 0.717) is 48.3 Å². The summed E-state index contributed by atoms with van der Waals surface area (Å²) in [7, 11) is -3.96. The van der Waals surface area contributed by atoms with Crippen LogP contribution in [0.3, 0.4) is 0 Å². The zero-order valence-corrected chi connectivity index (χ0v) is 19.8. The summed E-state index contributed by atoms with van der Waals surface area (Å²) in [5.41, 5.74) is 1.57. The minimum absolute atomic E-state index is 0.102. The molecule has 1 amide bonds. The molecule has 4 rings (SSSR count). The first-order chi connectivity index (χ1) is 15.9. The van der Waals surface area contributed by atoms with Crippen molar-refractivity contribution in [1.29, 1.82) is 0 Å². The number of benzene rings is 2. The van der Waals surface area contributed by atoms with E-state index < -0.39 is 16.1 Å². The molecule has 1 aromatic heterocycles. The summed E-state index contributed by atoms with van der Waals surface area (Å²) in [6, 6.07) is 13.2. The van der Waals surface area contributed by atoms with Gasteiger partial charge >= 0.3 is 0 Å². The molecule has 0 aliphatic carbocycles. The molecule has 0 bridgehead atoms. The molecule has 0 radical (unpaired) electrons. The van der Waals surface area contributed by atoms with Crippen molar-refractivity contribution >= 4 is 38.4 Å². The Kier molecular flexibility index (Phi) is 7.38. The van der Waals surface area contributed by atoms with Crippen molar-refractivity contribution in [2.75, 3.05) is 19.7 Å². The number of fused-ring (bicyclic) bond motifs is 1. The van der Waals surface area contributed by atoms with Crippen molar-refractivity contribution in [2.45, 2.75) is 36.6 Å². The summed E-state index contributed by atoms with van der Waals surface area (Å²) in [6.07, 6.45) is 3.84. The first kappa shape index (κ1) is 23.8. The Labute approximate surface area is 198 Å². The maximum absolute atomic E-state index is 13.4. The van der Waals surface area contributed by atoms with Crippen molar-refractivity contribution in [2.24, 2.45) is 5.92 Å². The number of aliphatic hydroxyl groups excluding tert-OH is 1. The largest absolute Gasteiger partial charge is 0.396 e. The third-order valence-corrected chi connectivity index (χ3v) is 8.18. The summed E-state index contributed by atoms with van der Waals surface area (Å²) in [6.45, 7) is 1.11. The quantitative estimate of drug-likeness (QED) is 0.451. The average molecular weight is 490 g/mol. The van der Waals surface area contributed by atoms with E-state index in [-0.39, 0.29) is 29.7 Å². The van der Waals surface area contributed by atoms with Gasteiger partial charge in [-0.1, -0.05) is 35.9 Å². The maximum atomic E-state index is 13.4. The Morgan fingerprint density at radius 1 is 1.15 bits per heavy atom. The highest BCUT2D eigenvalue weighted by Crippen LogP contribution is 2.24. The van der Waals surface area contributed by atoms with Gasteiger partial charge in [0, 0.05) is 41.8 Å². The van der Waals surface area contributed by atoms with E-state index in [2.05, 4.69) is 9.71 Å². The van der Waals surface area contributed by atoms with Crippen molar-refractivity contribution in [1.82, 2.24) is 14.6 Å². The first-order valence-corrected chi connectivity index (χ1v) is 13.0. The van der Waals surface area contributed by atoms with Crippen LogP contribution in [0.15, 0.2) is 59.6 Å². The second kappa shape index (κ2) is 10.3. The van der Waals surface area contributed by atoms with Gasteiger partial charge in [0.1, 0.15) is 6.04 Å². The predicted octanol–water partition coefficient (Wildman–Crippen LogP) is 3.33. The number of aliphatic hydroxyl groups is 1. The van der Waals surface area contributed by atoms with Crippen LogP contribution in [0.2, 0.25) is 5.02 Å². The number of aryl methyl sites for hydroxylation is 1. The van der Waals surface area contributed by atoms with Crippen molar-refractivity contribution in [3.05, 3.63) is 65.3 Å². The lowest BCUT2D eigenvalue weighted by molar-refractivity contribution is -0.134. The lowest BCUT2D eigenvalue weighted by Crippen LogP contribution is -2.51. The molecule has 1 saturated heterocycles. The number of nitrogens with one attached hydrogen (secondary N) is 2. The molecule has 1 unspecified atom stereocenters. The first-order valence-electron chi connectivity index (χ1n) is 11.1. The van der Waals surface area contributed by atoms with Crippen molar-refractivity contribution in [3.8, 4) is 0 Å². The number of rotatable bonds is 8. The van der Waals surface area contributed by atoms with Gasteiger partial charge in [-0.2, -0.15) is 4.72 Å². The number of carbonyl (C=O) groups excluding carboxylic acids is 1. The SMILES string of the molecule is O=C(C(CCc1ccccc1Cl)NS(=O)(=O)c1cccc2[nH]ccc12)N1CCC(CO)CC1. The molecule has 1 atom stereocenters. The average Bonchev–Trinajstić information content (AvgIpc) is 3.31. The van der Waals surface area contributed by atoms with Crippen molar-refractivity contribution in [3.63, 3.8) is 0 Å². The highest BCUT2D eigenvalue weighted by Gasteiger charge is 2.32. The fourth-order valence-electron chi connectivity index (χ4n) is 4.33. The van der Waals surface area contributed by atoms with Crippen LogP contribution in [0.4, 0.5) is 0 Å². The normalized spacial score (nSPS) is 16.2. The number of piperidine rings is 1. The van der Waals surface area contributed by atoms with Crippen LogP contribution in [-0.2, 0) is 21.2 Å². The lowest BCUT2D eigenvalue weighted by atomic mass is 9.97. The van der Waals surface area contributed by atoms with E-state index in [1.807, 2.05) is 18.2 Å². The van der Waals surface area contributed by atoms with E-state index in [0.717, 1.165) is 5.56 Å². The Morgan fingerprint density at radius 3 is 2.64 bits per heavy atom. The molecule has 2 heterocycles. The van der Waals surface area contributed by atoms with E-state index in [9.17, 15) is 18.3 Å². The third-order valence-electron chi connectivity index (χ3n) is 6.28. The van der Waals surface area contributed by atoms with Crippen molar-refractivity contribution < 1.29 is 18.3 Å². The third kappa shape index (κ3) is 5.41. The number of H-pyrrole nitrogens is 1. The van der Waals surface area contributed by atoms with Gasteiger partial charge in [0.25, 0.3) is 0 Å². The number of carbonyl (C=O) groups is 1. The second-order valence-electron chi connectivity index (χ2n) is 8.45. The summed E-state index contributed by atoms with van der Waals surface area (Å²) in [5.74, 6) is -0.0678. The molecule has 1 fully saturated rings. The zero-order valence-electron chi connectivity index (χ0n) is 18.2. The lowest BCUT2D eigenvalue weighted by Gasteiger charge is -2.34. The Hall–Kier alpha value is -2.39. The zero-order chi connectivity index (χ0) is 23.4. The monoisotopic (exact) mass is 489 g/mol. The number of likely N-dealkylation sites (tertiary alicyclic amines) is 1. The number of aromatic amines is 1. The van der Waals surface area contributed by atoms with Gasteiger partial charge in [0.2, 0.25) is 15.9 Å². The number of nitrogens with zero attached hydrogens (tertiary/aromatic N) is 1. The Bertz CT molecular complexity index is 1220. The summed E-state index contributed by atoms with van der Waals surface area (Å²) in [5, 5.41) is 10.6. The Balaban J connectivity index is 1.58. The number of aromatic nitrogens is 1. The smallest absolute Gasteiger partial charge is 0.241 e. The second-order valence-corrected chi connectivity index (χ2v) is 10.5. The van der Waals surface area contributed by atoms with Crippen LogP contribution in [0, 0.1) is 5.92 Å². The number of sulfonamides is 1. The molecule has 2 aromatic carbocycles. The Morgan fingerprint density at radius 2 is 1.91 bits per heavy atom. The maximum Gasteiger partial charge on any atom is 0.241 e. The molecule has 3 N–H and O–H groups in total. The van der Waals surface area contributed by atoms with Crippen LogP contribution in [0.25, 0.3) is 10.9 Å². The molecule has 7 nitrogen and oxygen atoms in total. The van der Waals surface area contributed by atoms with E-state index >= 15 is 0 Å². The number of hydrogen-bond donors (Lipinski definition) is 3. The molecular weight excluding hydrogens is 462 g/mol. The fraction of sp³-hybridized carbons (Fsp3) is 0.375. The van der Waals surface area contributed by atoms with Crippen LogP contribution in [0.1, 0.15) is 24.8 Å². The van der Waals surface area contributed by atoms with Gasteiger partial charge in [-0.3, -0.25) is 4.79 Å². The molecule has 3 aromatic rings. The van der Waals surface area contributed by atoms with Gasteiger partial charge in [0.15, 0.2) is 0 Å². The molecule has 1 aliphatic heterocycles.